The topological polar surface area (TPSA) is 23.5 Å². The van der Waals surface area contributed by atoms with Gasteiger partial charge in [0.15, 0.2) is 6.23 Å². The van der Waals surface area contributed by atoms with E-state index in [1.165, 1.54) is 0 Å². The Labute approximate surface area is 100 Å². The van der Waals surface area contributed by atoms with Crippen molar-refractivity contribution in [2.24, 2.45) is 0 Å². The van der Waals surface area contributed by atoms with Crippen molar-refractivity contribution in [3.63, 3.8) is 0 Å². The Kier molecular flexibility index (Phi) is 3.03. The summed E-state index contributed by atoms with van der Waals surface area (Å²) in [5.74, 6) is 0. The molecule has 0 aromatic heterocycles. The van der Waals surface area contributed by atoms with Gasteiger partial charge >= 0.3 is 0 Å². The molecular formula is C13H14ClNO. The molecule has 1 aliphatic heterocycles. The van der Waals surface area contributed by atoms with Crippen LogP contribution in [0.3, 0.4) is 0 Å². The van der Waals surface area contributed by atoms with Gasteiger partial charge in [-0.2, -0.15) is 0 Å². The highest BCUT2D eigenvalue weighted by molar-refractivity contribution is 6.30. The van der Waals surface area contributed by atoms with Crippen LogP contribution in [0.15, 0.2) is 36.6 Å². The maximum atomic E-state index is 10.1. The second kappa shape index (κ2) is 4.32. The first kappa shape index (κ1) is 11.2. The second-order valence-corrected chi connectivity index (χ2v) is 4.40. The lowest BCUT2D eigenvalue weighted by Gasteiger charge is -2.28. The van der Waals surface area contributed by atoms with Gasteiger partial charge < -0.3 is 10.0 Å². The van der Waals surface area contributed by atoms with Gasteiger partial charge in [0.25, 0.3) is 0 Å². The van der Waals surface area contributed by atoms with Gasteiger partial charge in [0.1, 0.15) is 0 Å². The highest BCUT2D eigenvalue weighted by Gasteiger charge is 2.19. The Morgan fingerprint density at radius 3 is 2.88 bits per heavy atom. The van der Waals surface area contributed by atoms with E-state index in [1.54, 1.807) is 4.90 Å². The molecule has 0 saturated heterocycles. The SMILES string of the molecule is Cc1ccc(Cl)cc1C1=CC=CN(C)C1O. The first-order valence-electron chi connectivity index (χ1n) is 5.14. The van der Waals surface area contributed by atoms with Gasteiger partial charge in [-0.1, -0.05) is 23.7 Å². The number of halogens is 1. The summed E-state index contributed by atoms with van der Waals surface area (Å²) < 4.78 is 0. The lowest BCUT2D eigenvalue weighted by molar-refractivity contribution is 0.107. The summed E-state index contributed by atoms with van der Waals surface area (Å²) in [4.78, 5) is 1.76. The van der Waals surface area contributed by atoms with Gasteiger partial charge in [-0.25, -0.2) is 0 Å². The van der Waals surface area contributed by atoms with Gasteiger partial charge in [0.2, 0.25) is 0 Å². The molecule has 1 aromatic rings. The molecule has 1 heterocycles. The summed E-state index contributed by atoms with van der Waals surface area (Å²) in [6.45, 7) is 2.01. The van der Waals surface area contributed by atoms with Gasteiger partial charge in [0, 0.05) is 23.8 Å². The molecule has 3 heteroatoms. The Bertz CT molecular complexity index is 465. The number of rotatable bonds is 1. The van der Waals surface area contributed by atoms with Gasteiger partial charge in [-0.15, -0.1) is 0 Å². The molecule has 0 aliphatic carbocycles. The van der Waals surface area contributed by atoms with Gasteiger partial charge in [0.05, 0.1) is 0 Å². The average molecular weight is 236 g/mol. The summed E-state index contributed by atoms with van der Waals surface area (Å²) in [7, 11) is 1.84. The maximum Gasteiger partial charge on any atom is 0.153 e. The van der Waals surface area contributed by atoms with Crippen molar-refractivity contribution in [1.82, 2.24) is 4.90 Å². The molecule has 0 radical (unpaired) electrons. The maximum absolute atomic E-state index is 10.1. The van der Waals surface area contributed by atoms with Crippen molar-refractivity contribution in [2.45, 2.75) is 13.2 Å². The largest absolute Gasteiger partial charge is 0.369 e. The van der Waals surface area contributed by atoms with E-state index in [4.69, 9.17) is 11.6 Å². The number of nitrogens with zero attached hydrogens (tertiary/aromatic N) is 1. The van der Waals surface area contributed by atoms with E-state index in [9.17, 15) is 5.11 Å². The number of hydrogen-bond donors (Lipinski definition) is 1. The molecule has 0 spiro atoms. The number of aliphatic hydroxyl groups excluding tert-OH is 1. The monoisotopic (exact) mass is 235 g/mol. The number of likely N-dealkylation sites (N-methyl/N-ethyl adjacent to an activating group) is 1. The lowest BCUT2D eigenvalue weighted by Crippen LogP contribution is -2.29. The van der Waals surface area contributed by atoms with Crippen LogP contribution >= 0.6 is 11.6 Å². The van der Waals surface area contributed by atoms with Crippen LogP contribution in [0.5, 0.6) is 0 Å². The van der Waals surface area contributed by atoms with Crippen molar-refractivity contribution >= 4 is 17.2 Å². The van der Waals surface area contributed by atoms with E-state index in [0.29, 0.717) is 5.02 Å². The third-order valence-electron chi connectivity index (χ3n) is 2.77. The van der Waals surface area contributed by atoms with E-state index in [0.717, 1.165) is 16.7 Å². The van der Waals surface area contributed by atoms with Crippen LogP contribution in [0.1, 0.15) is 11.1 Å². The predicted molar refractivity (Wildman–Crippen MR) is 67.1 cm³/mol. The molecule has 1 atom stereocenters. The number of aryl methyl sites for hydroxylation is 1. The highest BCUT2D eigenvalue weighted by atomic mass is 35.5. The number of hydrogen-bond acceptors (Lipinski definition) is 2. The zero-order valence-electron chi connectivity index (χ0n) is 9.31. The summed E-state index contributed by atoms with van der Waals surface area (Å²) in [6, 6.07) is 5.71. The molecule has 1 N–H and O–H groups in total. The normalized spacial score (nSPS) is 19.9. The fourth-order valence-electron chi connectivity index (χ4n) is 1.80. The van der Waals surface area contributed by atoms with E-state index >= 15 is 0 Å². The van der Waals surface area contributed by atoms with Crippen molar-refractivity contribution in [3.8, 4) is 0 Å². The number of benzene rings is 1. The van der Waals surface area contributed by atoms with Crippen LogP contribution < -0.4 is 0 Å². The first-order valence-corrected chi connectivity index (χ1v) is 5.52. The first-order chi connectivity index (χ1) is 7.59. The molecule has 1 unspecified atom stereocenters. The Morgan fingerprint density at radius 2 is 2.12 bits per heavy atom. The highest BCUT2D eigenvalue weighted by Crippen LogP contribution is 2.28. The quantitative estimate of drug-likeness (QED) is 0.809. The van der Waals surface area contributed by atoms with Crippen LogP contribution in [0.25, 0.3) is 5.57 Å². The van der Waals surface area contributed by atoms with Crippen molar-refractivity contribution in [1.29, 1.82) is 0 Å². The predicted octanol–water partition coefficient (Wildman–Crippen LogP) is 2.81. The van der Waals surface area contributed by atoms with Crippen LogP contribution in [-0.2, 0) is 0 Å². The minimum absolute atomic E-state index is 0.609. The summed E-state index contributed by atoms with van der Waals surface area (Å²) >= 11 is 5.98. The summed E-state index contributed by atoms with van der Waals surface area (Å²) in [6.07, 6.45) is 5.07. The summed E-state index contributed by atoms with van der Waals surface area (Å²) in [5, 5.41) is 10.8. The molecule has 2 nitrogen and oxygen atoms in total. The van der Waals surface area contributed by atoms with E-state index in [1.807, 2.05) is 50.5 Å². The third kappa shape index (κ3) is 1.99. The van der Waals surface area contributed by atoms with Crippen LogP contribution in [0.2, 0.25) is 5.02 Å². The zero-order chi connectivity index (χ0) is 11.7. The molecular weight excluding hydrogens is 222 g/mol. The molecule has 84 valence electrons. The zero-order valence-corrected chi connectivity index (χ0v) is 10.1. The number of allylic oxidation sites excluding steroid dienone is 2. The van der Waals surface area contributed by atoms with Crippen LogP contribution in [0.4, 0.5) is 0 Å². The van der Waals surface area contributed by atoms with Crippen molar-refractivity contribution in [3.05, 3.63) is 52.7 Å². The molecule has 0 saturated carbocycles. The number of aliphatic hydroxyl groups is 1. The van der Waals surface area contributed by atoms with E-state index in [-0.39, 0.29) is 0 Å². The average Bonchev–Trinajstić information content (AvgIpc) is 2.26. The minimum atomic E-state index is -0.609. The van der Waals surface area contributed by atoms with Crippen LogP contribution in [-0.4, -0.2) is 23.3 Å². The Morgan fingerprint density at radius 1 is 1.38 bits per heavy atom. The third-order valence-corrected chi connectivity index (χ3v) is 3.01. The smallest absolute Gasteiger partial charge is 0.153 e. The fraction of sp³-hybridized carbons (Fsp3) is 0.231. The van der Waals surface area contributed by atoms with Crippen LogP contribution in [0, 0.1) is 6.92 Å². The molecule has 0 fully saturated rings. The lowest BCUT2D eigenvalue weighted by atomic mass is 9.97. The Balaban J connectivity index is 2.48. The molecule has 1 aliphatic rings. The minimum Gasteiger partial charge on any atom is -0.369 e. The molecule has 0 bridgehead atoms. The van der Waals surface area contributed by atoms with Gasteiger partial charge in [-0.3, -0.25) is 0 Å². The van der Waals surface area contributed by atoms with E-state index < -0.39 is 6.23 Å². The fourth-order valence-corrected chi connectivity index (χ4v) is 1.98. The molecule has 0 amide bonds. The second-order valence-electron chi connectivity index (χ2n) is 3.96. The molecule has 2 rings (SSSR count). The standard InChI is InChI=1S/C13H14ClNO/c1-9-5-6-10(14)8-12(9)11-4-3-7-15(2)13(11)16/h3-8,13,16H,1-2H3. The van der Waals surface area contributed by atoms with E-state index in [2.05, 4.69) is 0 Å². The molecule has 16 heavy (non-hydrogen) atoms. The van der Waals surface area contributed by atoms with Crippen molar-refractivity contribution < 1.29 is 5.11 Å². The van der Waals surface area contributed by atoms with Gasteiger partial charge in [-0.05, 0) is 36.3 Å². The Hall–Kier alpha value is -1.25. The van der Waals surface area contributed by atoms with Crippen molar-refractivity contribution in [2.75, 3.05) is 7.05 Å². The summed E-state index contributed by atoms with van der Waals surface area (Å²) in [5.41, 5.74) is 2.99. The molecule has 1 aromatic carbocycles.